The summed E-state index contributed by atoms with van der Waals surface area (Å²) < 4.78 is 0. The van der Waals surface area contributed by atoms with Crippen LogP contribution < -0.4 is 5.73 Å². The molecule has 3 rings (SSSR count). The number of fused-ring (bicyclic) bond motifs is 1. The van der Waals surface area contributed by atoms with Gasteiger partial charge in [-0.3, -0.25) is 4.90 Å². The second kappa shape index (κ2) is 5.36. The number of nitriles is 1. The Labute approximate surface area is 119 Å². The van der Waals surface area contributed by atoms with E-state index in [0.29, 0.717) is 0 Å². The highest BCUT2D eigenvalue weighted by atomic mass is 15.1. The molecule has 20 heavy (non-hydrogen) atoms. The monoisotopic (exact) mass is 263 g/mol. The maximum absolute atomic E-state index is 9.16. The van der Waals surface area contributed by atoms with E-state index in [-0.39, 0.29) is 0 Å². The Balaban J connectivity index is 1.81. The van der Waals surface area contributed by atoms with Crippen LogP contribution in [0.4, 0.5) is 5.69 Å². The van der Waals surface area contributed by atoms with Gasteiger partial charge in [-0.2, -0.15) is 5.26 Å². The van der Waals surface area contributed by atoms with Crippen molar-refractivity contribution in [2.75, 3.05) is 12.3 Å². The van der Waals surface area contributed by atoms with E-state index in [1.165, 1.54) is 11.1 Å². The average molecular weight is 263 g/mol. The molecule has 1 aliphatic rings. The zero-order chi connectivity index (χ0) is 13.9. The van der Waals surface area contributed by atoms with Gasteiger partial charge >= 0.3 is 0 Å². The third kappa shape index (κ3) is 2.38. The number of benzene rings is 2. The number of nitrogens with zero attached hydrogens (tertiary/aromatic N) is 2. The Bertz CT molecular complexity index is 670. The first-order valence-corrected chi connectivity index (χ1v) is 6.84. The van der Waals surface area contributed by atoms with E-state index in [0.717, 1.165) is 42.9 Å². The summed E-state index contributed by atoms with van der Waals surface area (Å²) in [6, 6.07) is 16.2. The molecule has 0 unspecified atom stereocenters. The quantitative estimate of drug-likeness (QED) is 0.848. The lowest BCUT2D eigenvalue weighted by molar-refractivity contribution is 0.246. The van der Waals surface area contributed by atoms with Crippen LogP contribution in [0.2, 0.25) is 0 Å². The highest BCUT2D eigenvalue weighted by Gasteiger charge is 2.18. The second-order valence-corrected chi connectivity index (χ2v) is 5.21. The fourth-order valence-corrected chi connectivity index (χ4v) is 2.81. The van der Waals surface area contributed by atoms with Crippen LogP contribution in [0.15, 0.2) is 42.5 Å². The molecule has 1 aliphatic heterocycles. The Morgan fingerprint density at radius 2 is 2.00 bits per heavy atom. The van der Waals surface area contributed by atoms with Crippen LogP contribution in [-0.4, -0.2) is 11.4 Å². The second-order valence-electron chi connectivity index (χ2n) is 5.21. The molecule has 3 heteroatoms. The van der Waals surface area contributed by atoms with Crippen LogP contribution >= 0.6 is 0 Å². The van der Waals surface area contributed by atoms with Crippen molar-refractivity contribution in [1.29, 1.82) is 5.26 Å². The predicted octanol–water partition coefficient (Wildman–Crippen LogP) is 2.70. The summed E-state index contributed by atoms with van der Waals surface area (Å²) in [7, 11) is 0. The van der Waals surface area contributed by atoms with Crippen LogP contribution in [-0.2, 0) is 19.5 Å². The van der Waals surface area contributed by atoms with Crippen LogP contribution in [0.1, 0.15) is 22.3 Å². The molecule has 0 saturated carbocycles. The van der Waals surface area contributed by atoms with Gasteiger partial charge in [-0.25, -0.2) is 0 Å². The zero-order valence-electron chi connectivity index (χ0n) is 11.3. The van der Waals surface area contributed by atoms with Crippen molar-refractivity contribution < 1.29 is 0 Å². The van der Waals surface area contributed by atoms with Crippen molar-refractivity contribution in [2.24, 2.45) is 0 Å². The lowest BCUT2D eigenvalue weighted by Crippen LogP contribution is -2.30. The number of rotatable bonds is 2. The lowest BCUT2D eigenvalue weighted by atomic mass is 9.97. The van der Waals surface area contributed by atoms with Gasteiger partial charge in [-0.1, -0.05) is 30.3 Å². The molecule has 0 aliphatic carbocycles. The molecule has 100 valence electrons. The first-order valence-electron chi connectivity index (χ1n) is 6.84. The number of hydrogen-bond donors (Lipinski definition) is 1. The molecule has 0 amide bonds. The fraction of sp³-hybridized carbons (Fsp3) is 0.235. The van der Waals surface area contributed by atoms with Crippen LogP contribution in [0.3, 0.4) is 0 Å². The van der Waals surface area contributed by atoms with Crippen LogP contribution in [0.25, 0.3) is 0 Å². The summed E-state index contributed by atoms with van der Waals surface area (Å²) in [5.41, 5.74) is 11.4. The number of nitrogen functional groups attached to an aromatic ring is 1. The molecule has 0 saturated heterocycles. The molecule has 0 bridgehead atoms. The van der Waals surface area contributed by atoms with Crippen molar-refractivity contribution in [3.63, 3.8) is 0 Å². The molecular formula is C17H17N3. The van der Waals surface area contributed by atoms with Crippen molar-refractivity contribution in [3.8, 4) is 6.07 Å². The van der Waals surface area contributed by atoms with Gasteiger partial charge < -0.3 is 5.73 Å². The molecule has 2 aromatic rings. The topological polar surface area (TPSA) is 53.0 Å². The van der Waals surface area contributed by atoms with Gasteiger partial charge in [0, 0.05) is 25.3 Å². The molecule has 0 spiro atoms. The molecule has 1 heterocycles. The lowest BCUT2D eigenvalue weighted by Gasteiger charge is -2.29. The van der Waals surface area contributed by atoms with E-state index in [1.807, 2.05) is 36.4 Å². The SMILES string of the molecule is N#Cc1ccccc1CN1CCc2cccc(N)c2C1. The van der Waals surface area contributed by atoms with E-state index in [4.69, 9.17) is 11.0 Å². The summed E-state index contributed by atoms with van der Waals surface area (Å²) in [5, 5.41) is 9.16. The number of anilines is 1. The summed E-state index contributed by atoms with van der Waals surface area (Å²) in [6.45, 7) is 2.68. The van der Waals surface area contributed by atoms with E-state index >= 15 is 0 Å². The molecule has 0 fully saturated rings. The minimum absolute atomic E-state index is 0.763. The summed E-state index contributed by atoms with van der Waals surface area (Å²) in [5.74, 6) is 0. The predicted molar refractivity (Wildman–Crippen MR) is 79.8 cm³/mol. The van der Waals surface area contributed by atoms with Gasteiger partial charge in [-0.05, 0) is 35.2 Å². The molecule has 0 atom stereocenters. The van der Waals surface area contributed by atoms with E-state index in [2.05, 4.69) is 17.0 Å². The molecule has 0 radical (unpaired) electrons. The normalized spacial score (nSPS) is 14.6. The van der Waals surface area contributed by atoms with Gasteiger partial charge in [-0.15, -0.1) is 0 Å². The Morgan fingerprint density at radius 3 is 2.85 bits per heavy atom. The third-order valence-electron chi connectivity index (χ3n) is 3.92. The number of hydrogen-bond acceptors (Lipinski definition) is 3. The summed E-state index contributed by atoms with van der Waals surface area (Å²) >= 11 is 0. The maximum Gasteiger partial charge on any atom is 0.0995 e. The largest absolute Gasteiger partial charge is 0.398 e. The molecule has 2 N–H and O–H groups in total. The van der Waals surface area contributed by atoms with Crippen molar-refractivity contribution >= 4 is 5.69 Å². The zero-order valence-corrected chi connectivity index (χ0v) is 11.3. The van der Waals surface area contributed by atoms with Gasteiger partial charge in [0.25, 0.3) is 0 Å². The first kappa shape index (κ1) is 12.7. The summed E-state index contributed by atoms with van der Waals surface area (Å²) in [6.07, 6.45) is 1.02. The van der Waals surface area contributed by atoms with E-state index in [1.54, 1.807) is 0 Å². The van der Waals surface area contributed by atoms with Crippen molar-refractivity contribution in [3.05, 3.63) is 64.7 Å². The van der Waals surface area contributed by atoms with Crippen LogP contribution in [0, 0.1) is 11.3 Å². The molecular weight excluding hydrogens is 246 g/mol. The minimum Gasteiger partial charge on any atom is -0.398 e. The minimum atomic E-state index is 0.763. The van der Waals surface area contributed by atoms with Crippen molar-refractivity contribution in [2.45, 2.75) is 19.5 Å². The highest BCUT2D eigenvalue weighted by molar-refractivity contribution is 5.51. The molecule has 0 aromatic heterocycles. The summed E-state index contributed by atoms with van der Waals surface area (Å²) in [4.78, 5) is 2.36. The van der Waals surface area contributed by atoms with Crippen LogP contribution in [0.5, 0.6) is 0 Å². The third-order valence-corrected chi connectivity index (χ3v) is 3.92. The Morgan fingerprint density at radius 1 is 1.15 bits per heavy atom. The smallest absolute Gasteiger partial charge is 0.0995 e. The Hall–Kier alpha value is -2.31. The Kier molecular flexibility index (Phi) is 3.41. The van der Waals surface area contributed by atoms with E-state index < -0.39 is 0 Å². The number of nitrogens with two attached hydrogens (primary N) is 1. The standard InChI is InChI=1S/C17H17N3/c18-10-14-4-1-2-5-15(14)11-20-9-8-13-6-3-7-17(19)16(13)12-20/h1-7H,8-9,11-12,19H2. The fourth-order valence-electron chi connectivity index (χ4n) is 2.81. The molecule has 2 aromatic carbocycles. The van der Waals surface area contributed by atoms with Gasteiger partial charge in [0.1, 0.15) is 0 Å². The highest BCUT2D eigenvalue weighted by Crippen LogP contribution is 2.25. The maximum atomic E-state index is 9.16. The van der Waals surface area contributed by atoms with Gasteiger partial charge in [0.15, 0.2) is 0 Å². The van der Waals surface area contributed by atoms with E-state index in [9.17, 15) is 0 Å². The first-order chi connectivity index (χ1) is 9.78. The van der Waals surface area contributed by atoms with Gasteiger partial charge in [0.2, 0.25) is 0 Å². The van der Waals surface area contributed by atoms with Crippen molar-refractivity contribution in [1.82, 2.24) is 4.90 Å². The molecule has 3 nitrogen and oxygen atoms in total. The van der Waals surface area contributed by atoms with Gasteiger partial charge in [0.05, 0.1) is 11.6 Å². The average Bonchev–Trinajstić information content (AvgIpc) is 2.49.